The van der Waals surface area contributed by atoms with Gasteiger partial charge in [0.15, 0.2) is 0 Å². The summed E-state index contributed by atoms with van der Waals surface area (Å²) in [5, 5.41) is 12.1. The van der Waals surface area contributed by atoms with E-state index in [1.807, 2.05) is 0 Å². The zero-order valence-corrected chi connectivity index (χ0v) is 13.3. The molecule has 20 heavy (non-hydrogen) atoms. The molecule has 0 aromatic heterocycles. The van der Waals surface area contributed by atoms with Crippen LogP contribution in [0.15, 0.2) is 0 Å². The maximum atomic E-state index is 11.6. The van der Waals surface area contributed by atoms with E-state index >= 15 is 0 Å². The molecule has 0 bridgehead atoms. The van der Waals surface area contributed by atoms with E-state index in [0.717, 1.165) is 25.9 Å². The first-order valence-electron chi connectivity index (χ1n) is 7.60. The van der Waals surface area contributed by atoms with Crippen molar-refractivity contribution in [3.05, 3.63) is 0 Å². The standard InChI is InChI=1S/C15H30N2O3/c1-5-20-14(19)16-13-8-12(9-15(2,3)4)10-17(11-13)6-7-18/h12-13,18H,5-11H2,1-4H3,(H,16,19). The van der Waals surface area contributed by atoms with Crippen molar-refractivity contribution in [2.75, 3.05) is 32.8 Å². The largest absolute Gasteiger partial charge is 0.450 e. The molecule has 1 aliphatic heterocycles. The van der Waals surface area contributed by atoms with Crippen molar-refractivity contribution < 1.29 is 14.6 Å². The molecule has 1 aliphatic rings. The predicted molar refractivity (Wildman–Crippen MR) is 79.7 cm³/mol. The third-order valence-corrected chi connectivity index (χ3v) is 3.53. The smallest absolute Gasteiger partial charge is 0.407 e. The van der Waals surface area contributed by atoms with Gasteiger partial charge in [-0.25, -0.2) is 4.79 Å². The molecule has 1 amide bonds. The molecule has 5 heteroatoms. The highest BCUT2D eigenvalue weighted by molar-refractivity contribution is 5.67. The lowest BCUT2D eigenvalue weighted by atomic mass is 9.80. The zero-order chi connectivity index (χ0) is 15.2. The SMILES string of the molecule is CCOC(=O)NC1CC(CC(C)(C)C)CN(CCO)C1. The summed E-state index contributed by atoms with van der Waals surface area (Å²) < 4.78 is 4.96. The fourth-order valence-corrected chi connectivity index (χ4v) is 3.08. The maximum absolute atomic E-state index is 11.6. The normalized spacial score (nSPS) is 24.4. The highest BCUT2D eigenvalue weighted by Gasteiger charge is 2.30. The van der Waals surface area contributed by atoms with Crippen molar-refractivity contribution in [2.45, 2.75) is 46.6 Å². The number of aliphatic hydroxyl groups excluding tert-OH is 1. The fourth-order valence-electron chi connectivity index (χ4n) is 3.08. The molecule has 5 nitrogen and oxygen atoms in total. The zero-order valence-electron chi connectivity index (χ0n) is 13.3. The first-order valence-corrected chi connectivity index (χ1v) is 7.60. The number of amides is 1. The molecule has 0 saturated carbocycles. The van der Waals surface area contributed by atoms with Crippen molar-refractivity contribution in [3.63, 3.8) is 0 Å². The van der Waals surface area contributed by atoms with Crippen LogP contribution in [0, 0.1) is 11.3 Å². The molecule has 0 aromatic carbocycles. The summed E-state index contributed by atoms with van der Waals surface area (Å²) in [7, 11) is 0. The van der Waals surface area contributed by atoms with E-state index in [1.165, 1.54) is 0 Å². The Hall–Kier alpha value is -0.810. The van der Waals surface area contributed by atoms with Crippen LogP contribution in [-0.4, -0.2) is 55.0 Å². The molecule has 1 heterocycles. The number of carbonyl (C=O) groups is 1. The number of carbonyl (C=O) groups excluding carboxylic acids is 1. The van der Waals surface area contributed by atoms with E-state index < -0.39 is 0 Å². The van der Waals surface area contributed by atoms with E-state index in [9.17, 15) is 4.79 Å². The van der Waals surface area contributed by atoms with Crippen molar-refractivity contribution >= 4 is 6.09 Å². The summed E-state index contributed by atoms with van der Waals surface area (Å²) in [6.07, 6.45) is 1.77. The summed E-state index contributed by atoms with van der Waals surface area (Å²) in [6, 6.07) is 0.113. The average Bonchev–Trinajstić information content (AvgIpc) is 2.26. The van der Waals surface area contributed by atoms with Crippen LogP contribution < -0.4 is 5.32 Å². The Morgan fingerprint density at radius 1 is 1.40 bits per heavy atom. The third kappa shape index (κ3) is 6.57. The van der Waals surface area contributed by atoms with E-state index in [2.05, 4.69) is 31.0 Å². The van der Waals surface area contributed by atoms with Crippen molar-refractivity contribution in [1.29, 1.82) is 0 Å². The molecule has 2 N–H and O–H groups in total. The van der Waals surface area contributed by atoms with Gasteiger partial charge in [-0.05, 0) is 31.1 Å². The fraction of sp³-hybridized carbons (Fsp3) is 0.933. The number of alkyl carbamates (subject to hydrolysis) is 1. The summed E-state index contributed by atoms with van der Waals surface area (Å²) >= 11 is 0. The molecule has 1 rings (SSSR count). The first-order chi connectivity index (χ1) is 9.34. The predicted octanol–water partition coefficient (Wildman–Crippen LogP) is 1.85. The maximum Gasteiger partial charge on any atom is 0.407 e. The summed E-state index contributed by atoms with van der Waals surface area (Å²) in [4.78, 5) is 13.8. The summed E-state index contributed by atoms with van der Waals surface area (Å²) in [5.41, 5.74) is 0.279. The van der Waals surface area contributed by atoms with Crippen LogP contribution in [0.4, 0.5) is 4.79 Å². The summed E-state index contributed by atoms with van der Waals surface area (Å²) in [5.74, 6) is 0.544. The molecule has 2 unspecified atom stereocenters. The number of rotatable bonds is 5. The molecular weight excluding hydrogens is 256 g/mol. The molecular formula is C15H30N2O3. The van der Waals surface area contributed by atoms with Crippen LogP contribution in [0.5, 0.6) is 0 Å². The Kier molecular flexibility index (Phi) is 6.76. The minimum absolute atomic E-state index is 0.113. The van der Waals surface area contributed by atoms with E-state index in [4.69, 9.17) is 9.84 Å². The second kappa shape index (κ2) is 7.84. The highest BCUT2D eigenvalue weighted by Crippen LogP contribution is 2.30. The van der Waals surface area contributed by atoms with Crippen molar-refractivity contribution in [3.8, 4) is 0 Å². The lowest BCUT2D eigenvalue weighted by molar-refractivity contribution is 0.0891. The molecule has 2 atom stereocenters. The van der Waals surface area contributed by atoms with Gasteiger partial charge < -0.3 is 15.2 Å². The van der Waals surface area contributed by atoms with Gasteiger partial charge in [0.25, 0.3) is 0 Å². The molecule has 1 saturated heterocycles. The topological polar surface area (TPSA) is 61.8 Å². The van der Waals surface area contributed by atoms with Crippen LogP contribution in [0.1, 0.15) is 40.5 Å². The minimum Gasteiger partial charge on any atom is -0.450 e. The number of ether oxygens (including phenoxy) is 1. The van der Waals surface area contributed by atoms with Gasteiger partial charge in [-0.1, -0.05) is 20.8 Å². The Balaban J connectivity index is 2.58. The number of hydrogen-bond donors (Lipinski definition) is 2. The van der Waals surface area contributed by atoms with Crippen LogP contribution >= 0.6 is 0 Å². The van der Waals surface area contributed by atoms with Crippen LogP contribution in [-0.2, 0) is 4.74 Å². The van der Waals surface area contributed by atoms with Gasteiger partial charge in [0.2, 0.25) is 0 Å². The van der Waals surface area contributed by atoms with Gasteiger partial charge in [0, 0.05) is 25.7 Å². The van der Waals surface area contributed by atoms with Gasteiger partial charge in [0.1, 0.15) is 0 Å². The highest BCUT2D eigenvalue weighted by atomic mass is 16.5. The number of piperidine rings is 1. The van der Waals surface area contributed by atoms with Crippen molar-refractivity contribution in [1.82, 2.24) is 10.2 Å². The van der Waals surface area contributed by atoms with E-state index in [-0.39, 0.29) is 24.2 Å². The van der Waals surface area contributed by atoms with Crippen molar-refractivity contribution in [2.24, 2.45) is 11.3 Å². The monoisotopic (exact) mass is 286 g/mol. The van der Waals surface area contributed by atoms with Gasteiger partial charge in [-0.2, -0.15) is 0 Å². The first kappa shape index (κ1) is 17.2. The Bertz CT molecular complexity index is 302. The Labute approximate surface area is 122 Å². The third-order valence-electron chi connectivity index (χ3n) is 3.53. The second-order valence-corrected chi connectivity index (χ2v) is 6.91. The van der Waals surface area contributed by atoms with Gasteiger partial charge >= 0.3 is 6.09 Å². The molecule has 0 radical (unpaired) electrons. The lowest BCUT2D eigenvalue weighted by Gasteiger charge is -2.39. The summed E-state index contributed by atoms with van der Waals surface area (Å²) in [6.45, 7) is 11.5. The van der Waals surface area contributed by atoms with Gasteiger partial charge in [-0.3, -0.25) is 4.90 Å². The number of nitrogens with one attached hydrogen (secondary N) is 1. The Morgan fingerprint density at radius 2 is 2.10 bits per heavy atom. The minimum atomic E-state index is -0.335. The quantitative estimate of drug-likeness (QED) is 0.810. The van der Waals surface area contributed by atoms with Crippen LogP contribution in [0.25, 0.3) is 0 Å². The Morgan fingerprint density at radius 3 is 2.65 bits per heavy atom. The van der Waals surface area contributed by atoms with Crippen LogP contribution in [0.2, 0.25) is 0 Å². The second-order valence-electron chi connectivity index (χ2n) is 6.91. The molecule has 0 spiro atoms. The van der Waals surface area contributed by atoms with Gasteiger partial charge in [0.05, 0.1) is 13.2 Å². The van der Waals surface area contributed by atoms with E-state index in [0.29, 0.717) is 19.1 Å². The molecule has 118 valence electrons. The number of likely N-dealkylation sites (tertiary alicyclic amines) is 1. The van der Waals surface area contributed by atoms with E-state index in [1.54, 1.807) is 6.92 Å². The number of β-amino-alcohol motifs (C(OH)–C–C–N with tert-alkyl or cyclic N) is 1. The lowest BCUT2D eigenvalue weighted by Crippen LogP contribution is -2.52. The number of nitrogens with zero attached hydrogens (tertiary/aromatic N) is 1. The number of aliphatic hydroxyl groups is 1. The van der Waals surface area contributed by atoms with Gasteiger partial charge in [-0.15, -0.1) is 0 Å². The van der Waals surface area contributed by atoms with Crippen LogP contribution in [0.3, 0.4) is 0 Å². The molecule has 0 aromatic rings. The average molecular weight is 286 g/mol. The number of hydrogen-bond acceptors (Lipinski definition) is 4. The molecule has 0 aliphatic carbocycles. The molecule has 1 fully saturated rings.